The van der Waals surface area contributed by atoms with Crippen molar-refractivity contribution in [2.75, 3.05) is 0 Å². The molecule has 0 radical (unpaired) electrons. The molecule has 1 rings (SSSR count). The molecule has 1 aromatic carbocycles. The summed E-state index contributed by atoms with van der Waals surface area (Å²) in [6, 6.07) is 6.39. The predicted octanol–water partition coefficient (Wildman–Crippen LogP) is 5.55. The Hall–Kier alpha value is -1.11. The highest BCUT2D eigenvalue weighted by atomic mass is 16.1. The first-order chi connectivity index (χ1) is 8.92. The lowest BCUT2D eigenvalue weighted by Crippen LogP contribution is -2.16. The van der Waals surface area contributed by atoms with E-state index in [1.54, 1.807) is 0 Å². The van der Waals surface area contributed by atoms with Crippen molar-refractivity contribution in [3.63, 3.8) is 0 Å². The van der Waals surface area contributed by atoms with Gasteiger partial charge in [-0.2, -0.15) is 0 Å². The molecule has 0 unspecified atom stereocenters. The van der Waals surface area contributed by atoms with Crippen molar-refractivity contribution < 1.29 is 4.79 Å². The van der Waals surface area contributed by atoms with E-state index in [0.29, 0.717) is 17.6 Å². The van der Waals surface area contributed by atoms with Crippen molar-refractivity contribution in [1.29, 1.82) is 0 Å². The number of ketones is 1. The van der Waals surface area contributed by atoms with Gasteiger partial charge in [0.1, 0.15) is 0 Å². The zero-order valence-electron chi connectivity index (χ0n) is 13.3. The van der Waals surface area contributed by atoms with E-state index in [4.69, 9.17) is 0 Å². The number of Topliss-reactive ketones (excluding diaryl/α,β-unsaturated/α-hetero) is 1. The molecule has 0 heterocycles. The van der Waals surface area contributed by atoms with Crippen LogP contribution in [0.5, 0.6) is 0 Å². The van der Waals surface area contributed by atoms with E-state index in [0.717, 1.165) is 18.4 Å². The van der Waals surface area contributed by atoms with Crippen LogP contribution >= 0.6 is 0 Å². The maximum absolute atomic E-state index is 12.6. The molecule has 0 N–H and O–H groups in total. The average molecular weight is 260 g/mol. The van der Waals surface area contributed by atoms with Crippen molar-refractivity contribution in [1.82, 2.24) is 0 Å². The molecule has 0 saturated carbocycles. The van der Waals surface area contributed by atoms with Crippen LogP contribution in [0.2, 0.25) is 0 Å². The topological polar surface area (TPSA) is 17.1 Å². The van der Waals surface area contributed by atoms with Crippen LogP contribution in [0.4, 0.5) is 0 Å². The molecule has 0 aromatic heterocycles. The minimum Gasteiger partial charge on any atom is -0.294 e. The second kappa shape index (κ2) is 6.88. The Kier molecular flexibility index (Phi) is 5.78. The number of hydrogen-bond donors (Lipinski definition) is 0. The van der Waals surface area contributed by atoms with Crippen molar-refractivity contribution in [2.45, 2.75) is 66.2 Å². The lowest BCUT2D eigenvalue weighted by atomic mass is 9.85. The molecule has 0 aliphatic carbocycles. The first kappa shape index (κ1) is 15.9. The Bertz CT molecular complexity index is 425. The van der Waals surface area contributed by atoms with Crippen LogP contribution in [0.1, 0.15) is 87.7 Å². The molecule has 1 aromatic rings. The van der Waals surface area contributed by atoms with E-state index in [1.807, 2.05) is 6.07 Å². The third-order valence-electron chi connectivity index (χ3n) is 3.99. The molecule has 19 heavy (non-hydrogen) atoms. The van der Waals surface area contributed by atoms with Gasteiger partial charge in [-0.3, -0.25) is 4.79 Å². The monoisotopic (exact) mass is 260 g/mol. The summed E-state index contributed by atoms with van der Waals surface area (Å²) in [7, 11) is 0. The Morgan fingerprint density at radius 2 is 1.58 bits per heavy atom. The van der Waals surface area contributed by atoms with Gasteiger partial charge < -0.3 is 0 Å². The largest absolute Gasteiger partial charge is 0.294 e. The number of hydrogen-bond acceptors (Lipinski definition) is 1. The minimum atomic E-state index is 0.169. The van der Waals surface area contributed by atoms with Gasteiger partial charge in [0.05, 0.1) is 0 Å². The van der Waals surface area contributed by atoms with E-state index in [9.17, 15) is 4.79 Å². The van der Waals surface area contributed by atoms with Crippen molar-refractivity contribution in [3.05, 3.63) is 34.9 Å². The molecule has 106 valence electrons. The number of carbonyl (C=O) groups excluding carboxylic acids is 1. The summed E-state index contributed by atoms with van der Waals surface area (Å²) >= 11 is 0. The van der Waals surface area contributed by atoms with E-state index in [2.05, 4.69) is 53.7 Å². The summed E-state index contributed by atoms with van der Waals surface area (Å²) in [5.74, 6) is 1.40. The van der Waals surface area contributed by atoms with Crippen LogP contribution in [-0.4, -0.2) is 5.78 Å². The Morgan fingerprint density at radius 3 is 2.00 bits per heavy atom. The van der Waals surface area contributed by atoms with E-state index in [-0.39, 0.29) is 5.92 Å². The standard InChI is InChI=1S/C18H28O/c1-7-14(8-2)18(19)16-10-9-15(12(3)4)11-17(16)13(5)6/h9-14H,7-8H2,1-6H3. The molecule has 0 aliphatic heterocycles. The highest BCUT2D eigenvalue weighted by Crippen LogP contribution is 2.28. The van der Waals surface area contributed by atoms with E-state index in [1.165, 1.54) is 11.1 Å². The molecule has 0 aliphatic rings. The predicted molar refractivity (Wildman–Crippen MR) is 83.0 cm³/mol. The highest BCUT2D eigenvalue weighted by molar-refractivity contribution is 5.99. The normalized spacial score (nSPS) is 11.6. The summed E-state index contributed by atoms with van der Waals surface area (Å²) in [6.45, 7) is 12.9. The van der Waals surface area contributed by atoms with Crippen LogP contribution < -0.4 is 0 Å². The van der Waals surface area contributed by atoms with E-state index >= 15 is 0 Å². The van der Waals surface area contributed by atoms with E-state index < -0.39 is 0 Å². The number of benzene rings is 1. The number of rotatable bonds is 6. The Morgan fingerprint density at radius 1 is 1.00 bits per heavy atom. The fraction of sp³-hybridized carbons (Fsp3) is 0.611. The van der Waals surface area contributed by atoms with Gasteiger partial charge in [0.2, 0.25) is 0 Å². The molecule has 1 nitrogen and oxygen atoms in total. The fourth-order valence-corrected chi connectivity index (χ4v) is 2.52. The third-order valence-corrected chi connectivity index (χ3v) is 3.99. The molecule has 0 fully saturated rings. The summed E-state index contributed by atoms with van der Waals surface area (Å²) < 4.78 is 0. The molecule has 0 spiro atoms. The maximum atomic E-state index is 12.6. The number of carbonyl (C=O) groups is 1. The van der Waals surface area contributed by atoms with Crippen molar-refractivity contribution in [2.24, 2.45) is 5.92 Å². The second-order valence-corrected chi connectivity index (χ2v) is 6.03. The molecular weight excluding hydrogens is 232 g/mol. The smallest absolute Gasteiger partial charge is 0.166 e. The highest BCUT2D eigenvalue weighted by Gasteiger charge is 2.21. The molecule has 0 bridgehead atoms. The summed E-state index contributed by atoms with van der Waals surface area (Å²) in [5, 5.41) is 0. The van der Waals surface area contributed by atoms with Gasteiger partial charge in [-0.05, 0) is 35.8 Å². The fourth-order valence-electron chi connectivity index (χ4n) is 2.52. The van der Waals surface area contributed by atoms with Gasteiger partial charge in [-0.25, -0.2) is 0 Å². The van der Waals surface area contributed by atoms with Gasteiger partial charge in [-0.1, -0.05) is 59.7 Å². The maximum Gasteiger partial charge on any atom is 0.166 e. The average Bonchev–Trinajstić information content (AvgIpc) is 2.39. The van der Waals surface area contributed by atoms with Gasteiger partial charge in [0.25, 0.3) is 0 Å². The molecule has 0 atom stereocenters. The van der Waals surface area contributed by atoms with Crippen LogP contribution in [0, 0.1) is 5.92 Å². The van der Waals surface area contributed by atoms with Gasteiger partial charge >= 0.3 is 0 Å². The zero-order chi connectivity index (χ0) is 14.6. The van der Waals surface area contributed by atoms with Gasteiger partial charge in [-0.15, -0.1) is 0 Å². The molecule has 1 heteroatoms. The third kappa shape index (κ3) is 3.68. The van der Waals surface area contributed by atoms with Crippen LogP contribution in [0.3, 0.4) is 0 Å². The molecular formula is C18H28O. The Labute approximate surface area is 118 Å². The molecule has 0 amide bonds. The second-order valence-electron chi connectivity index (χ2n) is 6.03. The van der Waals surface area contributed by atoms with Gasteiger partial charge in [0, 0.05) is 11.5 Å². The lowest BCUT2D eigenvalue weighted by Gasteiger charge is -2.18. The summed E-state index contributed by atoms with van der Waals surface area (Å²) in [4.78, 5) is 12.6. The Balaban J connectivity index is 3.23. The quantitative estimate of drug-likeness (QED) is 0.613. The zero-order valence-corrected chi connectivity index (χ0v) is 13.3. The van der Waals surface area contributed by atoms with Crippen LogP contribution in [0.15, 0.2) is 18.2 Å². The first-order valence-corrected chi connectivity index (χ1v) is 7.60. The first-order valence-electron chi connectivity index (χ1n) is 7.60. The summed E-state index contributed by atoms with van der Waals surface area (Å²) in [5.41, 5.74) is 3.47. The summed E-state index contributed by atoms with van der Waals surface area (Å²) in [6.07, 6.45) is 1.86. The van der Waals surface area contributed by atoms with Crippen molar-refractivity contribution >= 4 is 5.78 Å². The lowest BCUT2D eigenvalue weighted by molar-refractivity contribution is 0.0912. The minimum absolute atomic E-state index is 0.169. The molecule has 0 saturated heterocycles. The van der Waals surface area contributed by atoms with Crippen LogP contribution in [0.25, 0.3) is 0 Å². The van der Waals surface area contributed by atoms with Crippen LogP contribution in [-0.2, 0) is 0 Å². The SMILES string of the molecule is CCC(CC)C(=O)c1ccc(C(C)C)cc1C(C)C. The van der Waals surface area contributed by atoms with Crippen molar-refractivity contribution in [3.8, 4) is 0 Å². The van der Waals surface area contributed by atoms with Gasteiger partial charge in [0.15, 0.2) is 5.78 Å².